The first-order chi connectivity index (χ1) is 8.58. The molecule has 1 N–H and O–H groups in total. The maximum Gasteiger partial charge on any atom is 0.162 e. The molecule has 0 aromatic heterocycles. The lowest BCUT2D eigenvalue weighted by Gasteiger charge is -2.21. The van der Waals surface area contributed by atoms with E-state index in [0.717, 1.165) is 34.4 Å². The number of aliphatic hydroxyl groups is 1. The molecule has 0 amide bonds. The topological polar surface area (TPSA) is 38.7 Å². The molecule has 1 aliphatic heterocycles. The van der Waals surface area contributed by atoms with Crippen LogP contribution in [0, 0.1) is 5.92 Å². The Hall–Kier alpha value is -0.740. The molecule has 1 unspecified atom stereocenters. The number of aliphatic hydroxyl groups excluding tert-OH is 1. The molecule has 0 saturated heterocycles. The van der Waals surface area contributed by atoms with Gasteiger partial charge in [0.1, 0.15) is 13.2 Å². The Balaban J connectivity index is 2.17. The van der Waals surface area contributed by atoms with Gasteiger partial charge in [-0.05, 0) is 36.5 Å². The van der Waals surface area contributed by atoms with Gasteiger partial charge in [-0.3, -0.25) is 0 Å². The summed E-state index contributed by atoms with van der Waals surface area (Å²) in [5.74, 6) is 2.06. The van der Waals surface area contributed by atoms with E-state index >= 15 is 0 Å². The Labute approximate surface area is 116 Å². The minimum Gasteiger partial charge on any atom is -0.486 e. The summed E-state index contributed by atoms with van der Waals surface area (Å²) in [5.41, 5.74) is 0.875. The normalized spacial score (nSPS) is 15.8. The Kier molecular flexibility index (Phi) is 4.51. The largest absolute Gasteiger partial charge is 0.486 e. The van der Waals surface area contributed by atoms with E-state index in [0.29, 0.717) is 19.1 Å². The summed E-state index contributed by atoms with van der Waals surface area (Å²) in [7, 11) is 0. The minimum atomic E-state index is -0.461. The van der Waals surface area contributed by atoms with Crippen LogP contribution in [0.15, 0.2) is 16.6 Å². The van der Waals surface area contributed by atoms with E-state index in [4.69, 9.17) is 9.47 Å². The summed E-state index contributed by atoms with van der Waals surface area (Å²) in [5, 5.41) is 10.2. The third kappa shape index (κ3) is 3.18. The second kappa shape index (κ2) is 5.93. The van der Waals surface area contributed by atoms with E-state index in [9.17, 15) is 5.11 Å². The fourth-order valence-electron chi connectivity index (χ4n) is 1.98. The van der Waals surface area contributed by atoms with Crippen LogP contribution < -0.4 is 9.47 Å². The molecular weight excluding hydrogens is 296 g/mol. The predicted molar refractivity (Wildman–Crippen MR) is 74.2 cm³/mol. The van der Waals surface area contributed by atoms with Crippen molar-refractivity contribution in [2.24, 2.45) is 5.92 Å². The maximum atomic E-state index is 10.2. The van der Waals surface area contributed by atoms with Crippen LogP contribution in [0.4, 0.5) is 0 Å². The zero-order chi connectivity index (χ0) is 13.1. The molecule has 0 aliphatic carbocycles. The molecule has 2 rings (SSSR count). The van der Waals surface area contributed by atoms with Gasteiger partial charge >= 0.3 is 0 Å². The van der Waals surface area contributed by atoms with E-state index in [1.54, 1.807) is 0 Å². The number of fused-ring (bicyclic) bond motifs is 1. The van der Waals surface area contributed by atoms with Gasteiger partial charge in [0.25, 0.3) is 0 Å². The van der Waals surface area contributed by atoms with Crippen LogP contribution in [0.3, 0.4) is 0 Å². The molecule has 3 nitrogen and oxygen atoms in total. The molecule has 1 aliphatic rings. The van der Waals surface area contributed by atoms with Crippen LogP contribution >= 0.6 is 15.9 Å². The third-order valence-electron chi connectivity index (χ3n) is 3.04. The van der Waals surface area contributed by atoms with E-state index in [2.05, 4.69) is 29.8 Å². The molecule has 1 heterocycles. The van der Waals surface area contributed by atoms with Gasteiger partial charge in [0.15, 0.2) is 11.5 Å². The molecule has 1 atom stereocenters. The van der Waals surface area contributed by atoms with Crippen molar-refractivity contribution in [1.29, 1.82) is 0 Å². The molecule has 0 spiro atoms. The van der Waals surface area contributed by atoms with Crippen LogP contribution in [0.25, 0.3) is 0 Å². The van der Waals surface area contributed by atoms with Crippen molar-refractivity contribution in [2.45, 2.75) is 32.8 Å². The Morgan fingerprint density at radius 3 is 2.39 bits per heavy atom. The molecule has 0 fully saturated rings. The Morgan fingerprint density at radius 2 is 1.78 bits per heavy atom. The van der Waals surface area contributed by atoms with Gasteiger partial charge in [0.2, 0.25) is 0 Å². The van der Waals surface area contributed by atoms with E-state index in [1.807, 2.05) is 12.1 Å². The molecule has 100 valence electrons. The van der Waals surface area contributed by atoms with Crippen LogP contribution in [-0.4, -0.2) is 18.3 Å². The number of ether oxygens (including phenoxy) is 2. The smallest absolute Gasteiger partial charge is 0.162 e. The molecule has 1 aromatic rings. The molecule has 1 aromatic carbocycles. The lowest BCUT2D eigenvalue weighted by Crippen LogP contribution is -2.16. The fourth-order valence-corrected chi connectivity index (χ4v) is 2.57. The number of halogens is 1. The number of rotatable bonds is 4. The van der Waals surface area contributed by atoms with Crippen molar-refractivity contribution < 1.29 is 14.6 Å². The highest BCUT2D eigenvalue weighted by atomic mass is 79.9. The van der Waals surface area contributed by atoms with Crippen LogP contribution in [-0.2, 0) is 0 Å². The molecule has 0 saturated carbocycles. The third-order valence-corrected chi connectivity index (χ3v) is 3.72. The first-order valence-electron chi connectivity index (χ1n) is 6.35. The summed E-state index contributed by atoms with van der Waals surface area (Å²) in [4.78, 5) is 0. The molecule has 0 bridgehead atoms. The fraction of sp³-hybridized carbons (Fsp3) is 0.571. The number of benzene rings is 1. The molecule has 0 radical (unpaired) electrons. The lowest BCUT2D eigenvalue weighted by molar-refractivity contribution is 0.153. The monoisotopic (exact) mass is 314 g/mol. The summed E-state index contributed by atoms with van der Waals surface area (Å²) < 4.78 is 11.9. The van der Waals surface area contributed by atoms with E-state index < -0.39 is 6.10 Å². The zero-order valence-corrected chi connectivity index (χ0v) is 12.4. The van der Waals surface area contributed by atoms with Crippen molar-refractivity contribution in [3.8, 4) is 11.5 Å². The molecule has 18 heavy (non-hydrogen) atoms. The SMILES string of the molecule is CC(C)CCC(O)c1cc2c(cc1Br)OCCO2. The average Bonchev–Trinajstić information content (AvgIpc) is 2.35. The summed E-state index contributed by atoms with van der Waals surface area (Å²) in [6, 6.07) is 3.76. The average molecular weight is 315 g/mol. The van der Waals surface area contributed by atoms with Crippen LogP contribution in [0.5, 0.6) is 11.5 Å². The summed E-state index contributed by atoms with van der Waals surface area (Å²) >= 11 is 3.49. The van der Waals surface area contributed by atoms with Gasteiger partial charge < -0.3 is 14.6 Å². The standard InChI is InChI=1S/C14H19BrO3/c1-9(2)3-4-12(16)10-7-13-14(8-11(10)15)18-6-5-17-13/h7-9,12,16H,3-6H2,1-2H3. The van der Waals surface area contributed by atoms with E-state index in [-0.39, 0.29) is 0 Å². The van der Waals surface area contributed by atoms with Crippen LogP contribution in [0.1, 0.15) is 38.4 Å². The van der Waals surface area contributed by atoms with Crippen molar-refractivity contribution in [3.63, 3.8) is 0 Å². The predicted octanol–water partition coefficient (Wildman–Crippen LogP) is 3.69. The van der Waals surface area contributed by atoms with Gasteiger partial charge in [0, 0.05) is 4.47 Å². The molecule has 4 heteroatoms. The highest BCUT2D eigenvalue weighted by Crippen LogP contribution is 2.38. The van der Waals surface area contributed by atoms with E-state index in [1.165, 1.54) is 0 Å². The van der Waals surface area contributed by atoms with Crippen molar-refractivity contribution in [2.75, 3.05) is 13.2 Å². The second-order valence-electron chi connectivity index (χ2n) is 5.00. The summed E-state index contributed by atoms with van der Waals surface area (Å²) in [6.45, 7) is 5.46. The second-order valence-corrected chi connectivity index (χ2v) is 5.86. The van der Waals surface area contributed by atoms with Gasteiger partial charge in [-0.2, -0.15) is 0 Å². The van der Waals surface area contributed by atoms with Crippen molar-refractivity contribution in [3.05, 3.63) is 22.2 Å². The minimum absolute atomic E-state index is 0.461. The maximum absolute atomic E-state index is 10.2. The van der Waals surface area contributed by atoms with Crippen LogP contribution in [0.2, 0.25) is 0 Å². The highest BCUT2D eigenvalue weighted by Gasteiger charge is 2.19. The van der Waals surface area contributed by atoms with Gasteiger partial charge in [-0.15, -0.1) is 0 Å². The zero-order valence-electron chi connectivity index (χ0n) is 10.8. The van der Waals surface area contributed by atoms with Crippen molar-refractivity contribution in [1.82, 2.24) is 0 Å². The quantitative estimate of drug-likeness (QED) is 0.921. The Bertz CT molecular complexity index is 418. The first-order valence-corrected chi connectivity index (χ1v) is 7.14. The van der Waals surface area contributed by atoms with Gasteiger partial charge in [-0.1, -0.05) is 29.8 Å². The Morgan fingerprint density at radius 1 is 1.17 bits per heavy atom. The first kappa shape index (κ1) is 13.7. The van der Waals surface area contributed by atoms with Gasteiger partial charge in [0.05, 0.1) is 6.10 Å². The summed E-state index contributed by atoms with van der Waals surface area (Å²) in [6.07, 6.45) is 1.30. The number of hydrogen-bond donors (Lipinski definition) is 1. The lowest BCUT2D eigenvalue weighted by atomic mass is 9.99. The number of hydrogen-bond acceptors (Lipinski definition) is 3. The van der Waals surface area contributed by atoms with Crippen molar-refractivity contribution >= 4 is 15.9 Å². The van der Waals surface area contributed by atoms with Gasteiger partial charge in [-0.25, -0.2) is 0 Å². The molecular formula is C14H19BrO3. The highest BCUT2D eigenvalue weighted by molar-refractivity contribution is 9.10.